The van der Waals surface area contributed by atoms with Gasteiger partial charge in [0.05, 0.1) is 16.6 Å². The van der Waals surface area contributed by atoms with E-state index < -0.39 is 5.41 Å². The average Bonchev–Trinajstić information content (AvgIpc) is 3.68. The van der Waals surface area contributed by atoms with Crippen LogP contribution in [0.25, 0.3) is 99.0 Å². The van der Waals surface area contributed by atoms with Crippen molar-refractivity contribution >= 4 is 55.0 Å². The SMILES string of the molecule is c1ccc(-c2ccc(-c3c4ccccc4c(-c4ccc5c(c4)nc(-c4ccccc4)c4ccc6c(c45)Sc4ccccc4C64c5ccccc5-c5ccccc54)c4ccccc34)cc2)cc1. The van der Waals surface area contributed by atoms with E-state index in [9.17, 15) is 0 Å². The van der Waals surface area contributed by atoms with Crippen molar-refractivity contribution in [3.63, 3.8) is 0 Å². The van der Waals surface area contributed by atoms with Crippen molar-refractivity contribution in [2.45, 2.75) is 15.2 Å². The summed E-state index contributed by atoms with van der Waals surface area (Å²) >= 11 is 1.92. The van der Waals surface area contributed by atoms with Gasteiger partial charge in [-0.2, -0.15) is 0 Å². The molecule has 1 nitrogen and oxygen atoms in total. The van der Waals surface area contributed by atoms with E-state index in [1.54, 1.807) is 0 Å². The molecule has 1 aliphatic carbocycles. The van der Waals surface area contributed by atoms with Crippen molar-refractivity contribution in [2.75, 3.05) is 0 Å². The Balaban J connectivity index is 1.04. The maximum absolute atomic E-state index is 5.66. The first-order valence-electron chi connectivity index (χ1n) is 22.8. The standard InChI is InChI=1S/C64H39NS/c1-3-17-40(18-4-1)41-31-33-42(34-32-41)59-47-23-7-9-25-49(47)60(50-26-10-8-24-48(50)59)44-35-36-51-57(39-44)65-62(43-19-5-2-6-20-43)52-37-38-56-63(61(51)52)66-58-30-16-15-29-55(58)64(56)53-27-13-11-21-45(53)46-22-12-14-28-54(46)64/h1-39H. The van der Waals surface area contributed by atoms with Crippen molar-refractivity contribution < 1.29 is 0 Å². The van der Waals surface area contributed by atoms with Gasteiger partial charge in [0.2, 0.25) is 0 Å². The molecule has 11 aromatic carbocycles. The first-order valence-corrected chi connectivity index (χ1v) is 23.6. The Morgan fingerprint density at radius 3 is 1.42 bits per heavy atom. The third-order valence-electron chi connectivity index (χ3n) is 14.3. The lowest BCUT2D eigenvalue weighted by atomic mass is 9.67. The highest BCUT2D eigenvalue weighted by atomic mass is 32.2. The molecular weight excluding hydrogens is 815 g/mol. The maximum atomic E-state index is 5.66. The smallest absolute Gasteiger partial charge is 0.0788 e. The van der Waals surface area contributed by atoms with Crippen LogP contribution in [0.5, 0.6) is 0 Å². The van der Waals surface area contributed by atoms with Crippen LogP contribution in [0.15, 0.2) is 246 Å². The predicted molar refractivity (Wildman–Crippen MR) is 277 cm³/mol. The van der Waals surface area contributed by atoms with E-state index in [-0.39, 0.29) is 0 Å². The monoisotopic (exact) mass is 853 g/mol. The Labute approximate surface area is 387 Å². The van der Waals surface area contributed by atoms with E-state index in [4.69, 9.17) is 4.98 Å². The van der Waals surface area contributed by atoms with E-state index in [1.165, 1.54) is 103 Å². The van der Waals surface area contributed by atoms with E-state index in [1.807, 2.05) is 11.8 Å². The molecule has 2 heteroatoms. The molecule has 0 saturated carbocycles. The summed E-state index contributed by atoms with van der Waals surface area (Å²) < 4.78 is 0. The first-order chi connectivity index (χ1) is 32.8. The molecule has 0 amide bonds. The zero-order valence-corrected chi connectivity index (χ0v) is 36.7. The number of hydrogen-bond donors (Lipinski definition) is 0. The molecular formula is C64H39NS. The van der Waals surface area contributed by atoms with Crippen LogP contribution in [0.1, 0.15) is 22.3 Å². The van der Waals surface area contributed by atoms with Crippen LogP contribution in [0, 0.1) is 0 Å². The molecule has 66 heavy (non-hydrogen) atoms. The zero-order valence-electron chi connectivity index (χ0n) is 35.9. The van der Waals surface area contributed by atoms with E-state index in [0.29, 0.717) is 0 Å². The highest BCUT2D eigenvalue weighted by Gasteiger charge is 2.50. The quantitative estimate of drug-likeness (QED) is 0.129. The highest BCUT2D eigenvalue weighted by molar-refractivity contribution is 7.99. The molecule has 12 aromatic rings. The number of nitrogens with zero attached hydrogens (tertiary/aromatic N) is 1. The second kappa shape index (κ2) is 14.5. The number of aromatic nitrogens is 1. The van der Waals surface area contributed by atoms with E-state index in [2.05, 4.69) is 237 Å². The van der Waals surface area contributed by atoms with Crippen molar-refractivity contribution in [1.29, 1.82) is 0 Å². The number of pyridine rings is 1. The van der Waals surface area contributed by atoms with Crippen molar-refractivity contribution in [3.8, 4) is 55.8 Å². The molecule has 2 heterocycles. The van der Waals surface area contributed by atoms with Crippen LogP contribution in [-0.2, 0) is 5.41 Å². The fraction of sp³-hybridized carbons (Fsp3) is 0.0156. The minimum absolute atomic E-state index is 0.470. The molecule has 1 aliphatic heterocycles. The minimum Gasteiger partial charge on any atom is -0.247 e. The predicted octanol–water partition coefficient (Wildman–Crippen LogP) is 17.2. The average molecular weight is 854 g/mol. The van der Waals surface area contributed by atoms with Gasteiger partial charge in [0.25, 0.3) is 0 Å². The topological polar surface area (TPSA) is 12.9 Å². The summed E-state index contributed by atoms with van der Waals surface area (Å²) in [5.74, 6) is 0. The molecule has 0 bridgehead atoms. The molecule has 1 aromatic heterocycles. The van der Waals surface area contributed by atoms with Crippen LogP contribution >= 0.6 is 11.8 Å². The third kappa shape index (κ3) is 5.28. The Morgan fingerprint density at radius 2 is 0.788 bits per heavy atom. The largest absolute Gasteiger partial charge is 0.247 e. The summed E-state index contributed by atoms with van der Waals surface area (Å²) in [7, 11) is 0. The Kier molecular flexibility index (Phi) is 8.20. The fourth-order valence-corrected chi connectivity index (χ4v) is 12.9. The summed E-state index contributed by atoms with van der Waals surface area (Å²) in [5, 5.41) is 8.52. The molecule has 306 valence electrons. The van der Waals surface area contributed by atoms with E-state index >= 15 is 0 Å². The number of fused-ring (bicyclic) bond motifs is 15. The van der Waals surface area contributed by atoms with Gasteiger partial charge in [-0.1, -0.05) is 236 Å². The van der Waals surface area contributed by atoms with Crippen LogP contribution < -0.4 is 0 Å². The van der Waals surface area contributed by atoms with Crippen molar-refractivity contribution in [2.24, 2.45) is 0 Å². The van der Waals surface area contributed by atoms with Gasteiger partial charge in [-0.15, -0.1) is 0 Å². The van der Waals surface area contributed by atoms with Crippen LogP contribution in [0.3, 0.4) is 0 Å². The van der Waals surface area contributed by atoms with Crippen LogP contribution in [0.2, 0.25) is 0 Å². The van der Waals surface area contributed by atoms with Crippen molar-refractivity contribution in [1.82, 2.24) is 4.98 Å². The Hall–Kier alpha value is -8.04. The Bertz CT molecular complexity index is 3840. The molecule has 0 saturated heterocycles. The van der Waals surface area contributed by atoms with Crippen LogP contribution in [-0.4, -0.2) is 4.98 Å². The van der Waals surface area contributed by atoms with Gasteiger partial charge < -0.3 is 0 Å². The molecule has 1 spiro atoms. The highest BCUT2D eigenvalue weighted by Crippen LogP contribution is 2.63. The van der Waals surface area contributed by atoms with Gasteiger partial charge in [0, 0.05) is 31.5 Å². The first kappa shape index (κ1) is 37.3. The molecule has 2 aliphatic rings. The molecule has 14 rings (SSSR count). The van der Waals surface area contributed by atoms with Gasteiger partial charge in [0.15, 0.2) is 0 Å². The van der Waals surface area contributed by atoms with Gasteiger partial charge >= 0.3 is 0 Å². The van der Waals surface area contributed by atoms with Crippen LogP contribution in [0.4, 0.5) is 0 Å². The molecule has 0 N–H and O–H groups in total. The second-order valence-electron chi connectivity index (χ2n) is 17.6. The molecule has 0 atom stereocenters. The maximum Gasteiger partial charge on any atom is 0.0788 e. The number of rotatable bonds is 4. The molecule has 0 radical (unpaired) electrons. The van der Waals surface area contributed by atoms with Gasteiger partial charge in [-0.25, -0.2) is 4.98 Å². The minimum atomic E-state index is -0.470. The molecule has 0 fully saturated rings. The van der Waals surface area contributed by atoms with Crippen molar-refractivity contribution in [3.05, 3.63) is 259 Å². The lowest BCUT2D eigenvalue weighted by molar-refractivity contribution is 0.726. The lowest BCUT2D eigenvalue weighted by Crippen LogP contribution is -2.32. The third-order valence-corrected chi connectivity index (χ3v) is 15.5. The van der Waals surface area contributed by atoms with Gasteiger partial charge in [-0.3, -0.25) is 0 Å². The zero-order chi connectivity index (χ0) is 43.3. The fourth-order valence-electron chi connectivity index (χ4n) is 11.6. The van der Waals surface area contributed by atoms with Gasteiger partial charge in [-0.05, 0) is 100 Å². The normalized spacial score (nSPS) is 13.2. The summed E-state index contributed by atoms with van der Waals surface area (Å²) in [6, 6.07) is 87.5. The second-order valence-corrected chi connectivity index (χ2v) is 18.7. The summed E-state index contributed by atoms with van der Waals surface area (Å²) in [6.07, 6.45) is 0. The Morgan fingerprint density at radius 1 is 0.318 bits per heavy atom. The van der Waals surface area contributed by atoms with Gasteiger partial charge in [0.1, 0.15) is 0 Å². The summed E-state index contributed by atoms with van der Waals surface area (Å²) in [6.45, 7) is 0. The summed E-state index contributed by atoms with van der Waals surface area (Å²) in [4.78, 5) is 8.25. The van der Waals surface area contributed by atoms with E-state index in [0.717, 1.165) is 27.7 Å². The number of hydrogen-bond acceptors (Lipinski definition) is 2. The summed E-state index contributed by atoms with van der Waals surface area (Å²) in [5.41, 5.74) is 17.9. The molecule has 0 unspecified atom stereocenters. The number of benzene rings is 11. The lowest BCUT2D eigenvalue weighted by Gasteiger charge is -2.40.